The van der Waals surface area contributed by atoms with Crippen molar-refractivity contribution in [2.45, 2.75) is 39.7 Å². The Morgan fingerprint density at radius 2 is 2.00 bits per heavy atom. The van der Waals surface area contributed by atoms with Gasteiger partial charge in [-0.2, -0.15) is 0 Å². The highest BCUT2D eigenvalue weighted by molar-refractivity contribution is 5.80. The fourth-order valence-corrected chi connectivity index (χ4v) is 3.10. The zero-order valence-corrected chi connectivity index (χ0v) is 8.27. The molecule has 2 fully saturated rings. The second kappa shape index (κ2) is 1.86. The zero-order valence-electron chi connectivity index (χ0n) is 8.27. The van der Waals surface area contributed by atoms with E-state index in [1.165, 1.54) is 0 Å². The summed E-state index contributed by atoms with van der Waals surface area (Å²) >= 11 is 0. The highest BCUT2D eigenvalue weighted by Crippen LogP contribution is 2.67. The van der Waals surface area contributed by atoms with Crippen LogP contribution in [0.15, 0.2) is 0 Å². The van der Waals surface area contributed by atoms with Crippen LogP contribution >= 0.6 is 0 Å². The number of amides is 1. The summed E-state index contributed by atoms with van der Waals surface area (Å²) in [7, 11) is 0. The van der Waals surface area contributed by atoms with Crippen LogP contribution in [0.4, 0.5) is 0 Å². The van der Waals surface area contributed by atoms with Crippen LogP contribution < -0.4 is 5.32 Å². The molecule has 2 aliphatic rings. The number of fused-ring (bicyclic) bond motifs is 1. The average Bonchev–Trinajstić information content (AvgIpc) is 2.36. The lowest BCUT2D eigenvalue weighted by Gasteiger charge is -2.31. The molecule has 0 aromatic carbocycles. The van der Waals surface area contributed by atoms with Crippen molar-refractivity contribution < 1.29 is 4.79 Å². The largest absolute Gasteiger partial charge is 0.350 e. The summed E-state index contributed by atoms with van der Waals surface area (Å²) in [6.45, 7) is 8.90. The molecule has 4 unspecified atom stereocenters. The second-order valence-electron chi connectivity index (χ2n) is 4.86. The molecule has 1 saturated carbocycles. The van der Waals surface area contributed by atoms with Crippen LogP contribution in [0.2, 0.25) is 0 Å². The fraction of sp³-hybridized carbons (Fsp3) is 0.900. The third-order valence-corrected chi connectivity index (χ3v) is 4.72. The number of rotatable bonds is 0. The first kappa shape index (κ1) is 8.09. The quantitative estimate of drug-likeness (QED) is 0.583. The van der Waals surface area contributed by atoms with Crippen LogP contribution in [0.3, 0.4) is 0 Å². The van der Waals surface area contributed by atoms with Gasteiger partial charge in [0, 0.05) is 12.0 Å². The van der Waals surface area contributed by atoms with Gasteiger partial charge in [-0.3, -0.25) is 4.79 Å². The van der Waals surface area contributed by atoms with Crippen molar-refractivity contribution in [3.05, 3.63) is 0 Å². The third-order valence-electron chi connectivity index (χ3n) is 4.72. The minimum atomic E-state index is 0.0851. The zero-order chi connectivity index (χ0) is 9.15. The molecule has 2 heteroatoms. The summed E-state index contributed by atoms with van der Waals surface area (Å²) in [5.41, 5.74) is 0.433. The molecular formula is C10H17NO. The Morgan fingerprint density at radius 3 is 2.50 bits per heavy atom. The van der Waals surface area contributed by atoms with Gasteiger partial charge in [0.25, 0.3) is 0 Å². The summed E-state index contributed by atoms with van der Waals surface area (Å²) in [6, 6.07) is 0. The first-order valence-electron chi connectivity index (χ1n) is 4.74. The Kier molecular flexibility index (Phi) is 1.25. The monoisotopic (exact) mass is 167 g/mol. The number of nitrogens with one attached hydrogen (secondary N) is 1. The predicted octanol–water partition coefficient (Wildman–Crippen LogP) is 1.56. The van der Waals surface area contributed by atoms with Crippen molar-refractivity contribution in [3.63, 3.8) is 0 Å². The highest BCUT2D eigenvalue weighted by atomic mass is 16.2. The lowest BCUT2D eigenvalue weighted by molar-refractivity contribution is -0.125. The summed E-state index contributed by atoms with van der Waals surface area (Å²) in [4.78, 5) is 11.3. The smallest absolute Gasteiger partial charge is 0.220 e. The average molecular weight is 167 g/mol. The van der Waals surface area contributed by atoms with Crippen LogP contribution in [0.25, 0.3) is 0 Å². The Morgan fingerprint density at radius 1 is 1.42 bits per heavy atom. The van der Waals surface area contributed by atoms with E-state index >= 15 is 0 Å². The molecule has 1 aliphatic heterocycles. The van der Waals surface area contributed by atoms with Gasteiger partial charge in [0.05, 0.1) is 0 Å². The molecule has 12 heavy (non-hydrogen) atoms. The van der Waals surface area contributed by atoms with E-state index in [4.69, 9.17) is 0 Å². The molecule has 0 aromatic heterocycles. The topological polar surface area (TPSA) is 29.1 Å². The van der Waals surface area contributed by atoms with Crippen molar-refractivity contribution in [2.75, 3.05) is 0 Å². The molecule has 0 spiro atoms. The van der Waals surface area contributed by atoms with Gasteiger partial charge in [-0.15, -0.1) is 0 Å². The molecule has 4 atom stereocenters. The Bertz CT molecular complexity index is 250. The molecule has 0 bridgehead atoms. The van der Waals surface area contributed by atoms with Gasteiger partial charge in [-0.05, 0) is 24.2 Å². The summed E-state index contributed by atoms with van der Waals surface area (Å²) < 4.78 is 0. The van der Waals surface area contributed by atoms with Gasteiger partial charge in [0.2, 0.25) is 5.91 Å². The van der Waals surface area contributed by atoms with Crippen molar-refractivity contribution in [3.8, 4) is 0 Å². The van der Waals surface area contributed by atoms with Gasteiger partial charge in [0.1, 0.15) is 0 Å². The molecule has 1 amide bonds. The van der Waals surface area contributed by atoms with Gasteiger partial charge >= 0.3 is 0 Å². The maximum absolute atomic E-state index is 11.3. The van der Waals surface area contributed by atoms with E-state index in [-0.39, 0.29) is 11.4 Å². The van der Waals surface area contributed by atoms with E-state index in [0.29, 0.717) is 23.7 Å². The third kappa shape index (κ3) is 0.606. The van der Waals surface area contributed by atoms with Crippen LogP contribution in [0.1, 0.15) is 34.1 Å². The molecule has 0 aromatic rings. The number of carbonyl (C=O) groups is 1. The van der Waals surface area contributed by atoms with Crippen molar-refractivity contribution in [2.24, 2.45) is 17.3 Å². The molecule has 1 saturated heterocycles. The minimum Gasteiger partial charge on any atom is -0.350 e. The predicted molar refractivity (Wildman–Crippen MR) is 47.6 cm³/mol. The number of hydrogen-bond acceptors (Lipinski definition) is 1. The Hall–Kier alpha value is -0.530. The molecule has 1 heterocycles. The highest BCUT2D eigenvalue weighted by Gasteiger charge is 2.73. The first-order chi connectivity index (χ1) is 5.43. The second-order valence-corrected chi connectivity index (χ2v) is 4.86. The van der Waals surface area contributed by atoms with Crippen LogP contribution in [0.5, 0.6) is 0 Å². The number of piperidine rings is 1. The molecule has 68 valence electrons. The van der Waals surface area contributed by atoms with Gasteiger partial charge in [-0.25, -0.2) is 0 Å². The molecule has 1 N–H and O–H groups in total. The van der Waals surface area contributed by atoms with Crippen molar-refractivity contribution >= 4 is 5.91 Å². The normalized spacial score (nSPS) is 57.5. The van der Waals surface area contributed by atoms with E-state index < -0.39 is 0 Å². The van der Waals surface area contributed by atoms with Gasteiger partial charge < -0.3 is 5.32 Å². The minimum absolute atomic E-state index is 0.0851. The fourth-order valence-electron chi connectivity index (χ4n) is 3.10. The standard InChI is InChI=1S/C10H17NO/c1-6-5-8(12)11-10(4)7(2)9(6,10)3/h6-7H,5H2,1-4H3,(H,11,12). The van der Waals surface area contributed by atoms with Crippen LogP contribution in [-0.2, 0) is 4.79 Å². The van der Waals surface area contributed by atoms with E-state index in [2.05, 4.69) is 33.0 Å². The summed E-state index contributed by atoms with van der Waals surface area (Å²) in [5.74, 6) is 1.39. The lowest BCUT2D eigenvalue weighted by Crippen LogP contribution is -2.46. The molecule has 1 aliphatic carbocycles. The number of hydrogen-bond donors (Lipinski definition) is 1. The molecule has 2 rings (SSSR count). The van der Waals surface area contributed by atoms with Gasteiger partial charge in [-0.1, -0.05) is 20.8 Å². The maximum atomic E-state index is 11.3. The first-order valence-corrected chi connectivity index (χ1v) is 4.74. The Labute approximate surface area is 73.7 Å². The summed E-state index contributed by atoms with van der Waals surface area (Å²) in [6.07, 6.45) is 0.705. The van der Waals surface area contributed by atoms with E-state index in [0.717, 1.165) is 0 Å². The van der Waals surface area contributed by atoms with Crippen LogP contribution in [0, 0.1) is 17.3 Å². The SMILES string of the molecule is CC1CC(=O)NC2(C)C(C)C12C. The van der Waals surface area contributed by atoms with E-state index in [1.54, 1.807) is 0 Å². The molecular weight excluding hydrogens is 150 g/mol. The summed E-state index contributed by atoms with van der Waals surface area (Å²) in [5, 5.41) is 3.11. The Balaban J connectivity index is 2.32. The van der Waals surface area contributed by atoms with Crippen LogP contribution in [-0.4, -0.2) is 11.4 Å². The van der Waals surface area contributed by atoms with E-state index in [9.17, 15) is 4.79 Å². The van der Waals surface area contributed by atoms with Gasteiger partial charge in [0.15, 0.2) is 0 Å². The molecule has 2 nitrogen and oxygen atoms in total. The maximum Gasteiger partial charge on any atom is 0.220 e. The number of carbonyl (C=O) groups excluding carboxylic acids is 1. The molecule has 0 radical (unpaired) electrons. The van der Waals surface area contributed by atoms with Crippen molar-refractivity contribution in [1.82, 2.24) is 5.32 Å². The van der Waals surface area contributed by atoms with Crippen molar-refractivity contribution in [1.29, 1.82) is 0 Å². The van der Waals surface area contributed by atoms with E-state index in [1.807, 2.05) is 0 Å². The lowest BCUT2D eigenvalue weighted by atomic mass is 9.82.